The molecule has 302 valence electrons. The van der Waals surface area contributed by atoms with Crippen molar-refractivity contribution in [2.45, 2.75) is 201 Å². The van der Waals surface area contributed by atoms with E-state index >= 15 is 0 Å². The first kappa shape index (κ1) is 50.0. The third kappa shape index (κ3) is 37.7. The van der Waals surface area contributed by atoms with Gasteiger partial charge in [0.25, 0.3) is 7.82 Å². The molecule has 0 aromatic rings. The van der Waals surface area contributed by atoms with Crippen LogP contribution < -0.4 is 4.89 Å². The average Bonchev–Trinajstić information content (AvgIpc) is 3.06. The molecule has 1 atom stereocenters. The van der Waals surface area contributed by atoms with E-state index < -0.39 is 13.2 Å². The molecule has 50 heavy (non-hydrogen) atoms. The number of phosphoric acid groups is 1. The topological polar surface area (TPSA) is 77.1 Å². The van der Waals surface area contributed by atoms with Gasteiger partial charge in [-0.3, -0.25) is 4.57 Å². The number of nitrogens with zero attached hydrogens (tertiary/aromatic N) is 1. The van der Waals surface area contributed by atoms with Gasteiger partial charge in [0.2, 0.25) is 0 Å². The summed E-state index contributed by atoms with van der Waals surface area (Å²) < 4.78 is 35.8. The summed E-state index contributed by atoms with van der Waals surface area (Å²) in [5.74, 6) is 0. The van der Waals surface area contributed by atoms with Crippen molar-refractivity contribution in [1.29, 1.82) is 0 Å². The maximum absolute atomic E-state index is 12.5. The van der Waals surface area contributed by atoms with Crippen molar-refractivity contribution >= 4 is 7.82 Å². The maximum atomic E-state index is 12.5. The van der Waals surface area contributed by atoms with Gasteiger partial charge in [-0.05, 0) is 12.8 Å². The molecule has 0 rings (SSSR count). The van der Waals surface area contributed by atoms with Crippen LogP contribution in [0.3, 0.4) is 0 Å². The predicted octanol–water partition coefficient (Wildman–Crippen LogP) is 12.2. The van der Waals surface area contributed by atoms with Crippen LogP contribution in [0.5, 0.6) is 0 Å². The highest BCUT2D eigenvalue weighted by Gasteiger charge is 2.28. The van der Waals surface area contributed by atoms with Crippen LogP contribution in [0, 0.1) is 5.41 Å². The van der Waals surface area contributed by atoms with E-state index in [0.29, 0.717) is 37.5 Å². The van der Waals surface area contributed by atoms with Gasteiger partial charge in [-0.2, -0.15) is 0 Å². The fourth-order valence-electron chi connectivity index (χ4n) is 6.26. The molecular formula is C42H88NO6P. The van der Waals surface area contributed by atoms with E-state index in [0.717, 1.165) is 12.8 Å². The van der Waals surface area contributed by atoms with Gasteiger partial charge in [-0.25, -0.2) is 0 Å². The second-order valence-electron chi connectivity index (χ2n) is 16.7. The van der Waals surface area contributed by atoms with Crippen molar-refractivity contribution in [2.24, 2.45) is 5.41 Å². The van der Waals surface area contributed by atoms with Crippen molar-refractivity contribution in [3.8, 4) is 0 Å². The van der Waals surface area contributed by atoms with E-state index in [1.165, 1.54) is 167 Å². The SMILES string of the molecule is CCCCCCCCCCCCCCCCOCC(C)(COCCCCCCCCCCCCCCCC)COP(=O)([O-])OCC[N+](C)(C)C. The second-order valence-corrected chi connectivity index (χ2v) is 18.1. The minimum absolute atomic E-state index is 0.00433. The molecule has 7 nitrogen and oxygen atoms in total. The molecule has 0 aliphatic rings. The zero-order chi connectivity index (χ0) is 37.1. The number of rotatable bonds is 41. The zero-order valence-corrected chi connectivity index (χ0v) is 35.5. The van der Waals surface area contributed by atoms with Gasteiger partial charge < -0.3 is 27.9 Å². The van der Waals surface area contributed by atoms with Crippen molar-refractivity contribution in [3.63, 3.8) is 0 Å². The van der Waals surface area contributed by atoms with Gasteiger partial charge in [0, 0.05) is 18.6 Å². The molecule has 0 radical (unpaired) electrons. The van der Waals surface area contributed by atoms with Gasteiger partial charge in [0.1, 0.15) is 13.2 Å². The molecule has 0 fully saturated rings. The molecule has 0 spiro atoms. The number of quaternary nitrogens is 1. The van der Waals surface area contributed by atoms with Crippen molar-refractivity contribution in [2.75, 3.05) is 67.3 Å². The minimum atomic E-state index is -4.40. The largest absolute Gasteiger partial charge is 0.756 e. The first-order valence-electron chi connectivity index (χ1n) is 21.6. The van der Waals surface area contributed by atoms with Gasteiger partial charge in [-0.1, -0.05) is 188 Å². The van der Waals surface area contributed by atoms with E-state index in [1.807, 2.05) is 28.1 Å². The van der Waals surface area contributed by atoms with Gasteiger partial charge in [0.05, 0.1) is 41.0 Å². The Morgan fingerprint density at radius 2 is 0.760 bits per heavy atom. The van der Waals surface area contributed by atoms with Crippen LogP contribution in [0.1, 0.15) is 201 Å². The summed E-state index contributed by atoms with van der Waals surface area (Å²) in [6.07, 6.45) is 37.3. The molecule has 0 N–H and O–H groups in total. The fourth-order valence-corrected chi connectivity index (χ4v) is 7.11. The smallest absolute Gasteiger partial charge is 0.268 e. The predicted molar refractivity (Wildman–Crippen MR) is 213 cm³/mol. The van der Waals surface area contributed by atoms with Crippen LogP contribution in [-0.2, 0) is 23.1 Å². The maximum Gasteiger partial charge on any atom is 0.268 e. The summed E-state index contributed by atoms with van der Waals surface area (Å²) in [7, 11) is 1.61. The van der Waals surface area contributed by atoms with Gasteiger partial charge in [0.15, 0.2) is 0 Å². The highest BCUT2D eigenvalue weighted by Crippen LogP contribution is 2.40. The van der Waals surface area contributed by atoms with E-state index in [4.69, 9.17) is 18.5 Å². The molecule has 0 aliphatic carbocycles. The number of phosphoric ester groups is 1. The Hall–Kier alpha value is -0.0100. The molecule has 0 heterocycles. The zero-order valence-electron chi connectivity index (χ0n) is 34.6. The molecular weight excluding hydrogens is 645 g/mol. The van der Waals surface area contributed by atoms with E-state index in [9.17, 15) is 9.46 Å². The van der Waals surface area contributed by atoms with Gasteiger partial charge >= 0.3 is 0 Å². The fraction of sp³-hybridized carbons (Fsp3) is 1.00. The third-order valence-electron chi connectivity index (χ3n) is 9.77. The standard InChI is InChI=1S/C42H88NO6P/c1-7-9-11-13-15-17-19-21-23-25-27-29-31-33-36-46-39-42(3,41-49-50(44,45)48-38-35-43(4,5)6)40-47-37-34-32-30-28-26-24-22-20-18-16-14-12-10-8-2/h7-41H2,1-6H3. The average molecular weight is 734 g/mol. The Kier molecular flexibility index (Phi) is 34.7. The summed E-state index contributed by atoms with van der Waals surface area (Å²) in [5.41, 5.74) is -0.560. The molecule has 1 unspecified atom stereocenters. The van der Waals surface area contributed by atoms with Crippen molar-refractivity contribution < 1.29 is 32.5 Å². The first-order chi connectivity index (χ1) is 24.0. The number of likely N-dealkylation sites (N-methyl/N-ethyl adjacent to an activating group) is 1. The summed E-state index contributed by atoms with van der Waals surface area (Å²) in [5, 5.41) is 0. The van der Waals surface area contributed by atoms with E-state index in [-0.39, 0.29) is 13.2 Å². The molecule has 0 bridgehead atoms. The molecule has 0 aromatic carbocycles. The van der Waals surface area contributed by atoms with Crippen LogP contribution in [0.4, 0.5) is 0 Å². The van der Waals surface area contributed by atoms with E-state index in [1.54, 1.807) is 0 Å². The Labute approximate surface area is 312 Å². The monoisotopic (exact) mass is 734 g/mol. The lowest BCUT2D eigenvalue weighted by Crippen LogP contribution is -2.38. The Balaban J connectivity index is 4.22. The normalized spacial score (nSPS) is 13.7. The molecule has 0 saturated heterocycles. The van der Waals surface area contributed by atoms with E-state index in [2.05, 4.69) is 13.8 Å². The summed E-state index contributed by atoms with van der Waals surface area (Å²) in [6, 6.07) is 0. The molecule has 0 saturated carbocycles. The lowest BCUT2D eigenvalue weighted by molar-refractivity contribution is -0.870. The van der Waals surface area contributed by atoms with Crippen LogP contribution in [0.2, 0.25) is 0 Å². The Bertz CT molecular complexity index is 710. The highest BCUT2D eigenvalue weighted by molar-refractivity contribution is 7.45. The number of hydrogen-bond acceptors (Lipinski definition) is 6. The molecule has 0 aliphatic heterocycles. The molecule has 8 heteroatoms. The number of hydrogen-bond donors (Lipinski definition) is 0. The lowest BCUT2D eigenvalue weighted by atomic mass is 9.94. The lowest BCUT2D eigenvalue weighted by Gasteiger charge is -2.33. The van der Waals surface area contributed by atoms with Crippen LogP contribution in [0.25, 0.3) is 0 Å². The Morgan fingerprint density at radius 1 is 0.460 bits per heavy atom. The third-order valence-corrected chi connectivity index (χ3v) is 10.7. The van der Waals surface area contributed by atoms with Crippen molar-refractivity contribution in [1.82, 2.24) is 0 Å². The highest BCUT2D eigenvalue weighted by atomic mass is 31.2. The van der Waals surface area contributed by atoms with Gasteiger partial charge in [-0.15, -0.1) is 0 Å². The molecule has 0 aromatic heterocycles. The quantitative estimate of drug-likeness (QED) is 0.0354. The Morgan fingerprint density at radius 3 is 1.06 bits per heavy atom. The number of unbranched alkanes of at least 4 members (excludes halogenated alkanes) is 26. The number of ether oxygens (including phenoxy) is 2. The van der Waals surface area contributed by atoms with Crippen LogP contribution in [-0.4, -0.2) is 71.8 Å². The summed E-state index contributed by atoms with van der Waals surface area (Å²) in [6.45, 7) is 9.41. The summed E-state index contributed by atoms with van der Waals surface area (Å²) in [4.78, 5) is 12.5. The van der Waals surface area contributed by atoms with Crippen LogP contribution in [0.15, 0.2) is 0 Å². The first-order valence-corrected chi connectivity index (χ1v) is 23.1. The van der Waals surface area contributed by atoms with Crippen LogP contribution >= 0.6 is 7.82 Å². The summed E-state index contributed by atoms with van der Waals surface area (Å²) >= 11 is 0. The molecule has 0 amide bonds. The second kappa shape index (κ2) is 34.7. The minimum Gasteiger partial charge on any atom is -0.756 e. The van der Waals surface area contributed by atoms with Crippen molar-refractivity contribution in [3.05, 3.63) is 0 Å².